The number of ether oxygens (including phenoxy) is 1. The molecule has 5 heteroatoms. The predicted molar refractivity (Wildman–Crippen MR) is 52.9 cm³/mol. The molecule has 78 valence electrons. The van der Waals surface area contributed by atoms with Gasteiger partial charge in [-0.3, -0.25) is 0 Å². The molecule has 0 bridgehead atoms. The maximum absolute atomic E-state index is 8.22. The van der Waals surface area contributed by atoms with Gasteiger partial charge in [-0.1, -0.05) is 5.11 Å². The van der Waals surface area contributed by atoms with Crippen molar-refractivity contribution in [2.45, 2.75) is 25.4 Å². The minimum atomic E-state index is 0.156. The average molecular weight is 196 g/mol. The molecule has 0 aromatic heterocycles. The highest BCUT2D eigenvalue weighted by molar-refractivity contribution is 4.91. The summed E-state index contributed by atoms with van der Waals surface area (Å²) >= 11 is 0. The predicted octanol–water partition coefficient (Wildman–Crippen LogP) is 1.46. The second-order valence-corrected chi connectivity index (χ2v) is 4.30. The molecule has 2 fully saturated rings. The molecule has 1 unspecified atom stereocenters. The molecular formula is C9H16N4O. The van der Waals surface area contributed by atoms with Crippen molar-refractivity contribution in [1.82, 2.24) is 5.32 Å². The van der Waals surface area contributed by atoms with E-state index in [4.69, 9.17) is 10.3 Å². The molecular weight excluding hydrogens is 180 g/mol. The highest BCUT2D eigenvalue weighted by Gasteiger charge is 2.40. The van der Waals surface area contributed by atoms with Gasteiger partial charge in [0.05, 0.1) is 19.3 Å². The number of nitrogens with zero attached hydrogens (tertiary/aromatic N) is 3. The first-order valence-corrected chi connectivity index (χ1v) is 5.18. The Bertz CT molecular complexity index is 243. The molecule has 0 saturated carbocycles. The van der Waals surface area contributed by atoms with Crippen LogP contribution in [0.25, 0.3) is 10.4 Å². The van der Waals surface area contributed by atoms with Crippen LogP contribution in [0.5, 0.6) is 0 Å². The largest absolute Gasteiger partial charge is 0.377 e. The van der Waals surface area contributed by atoms with Gasteiger partial charge < -0.3 is 10.1 Å². The minimum absolute atomic E-state index is 0.156. The molecule has 1 atom stereocenters. The van der Waals surface area contributed by atoms with Crippen LogP contribution < -0.4 is 5.32 Å². The van der Waals surface area contributed by atoms with E-state index in [0.717, 1.165) is 26.1 Å². The van der Waals surface area contributed by atoms with E-state index in [1.807, 2.05) is 0 Å². The number of azide groups is 1. The lowest BCUT2D eigenvalue weighted by Crippen LogP contribution is -2.37. The normalized spacial score (nSPS) is 30.1. The molecule has 2 heterocycles. The van der Waals surface area contributed by atoms with Crippen molar-refractivity contribution in [3.05, 3.63) is 10.4 Å². The van der Waals surface area contributed by atoms with E-state index in [2.05, 4.69) is 15.3 Å². The summed E-state index contributed by atoms with van der Waals surface area (Å²) in [6, 6.07) is 0. The Kier molecular flexibility index (Phi) is 2.91. The highest BCUT2D eigenvalue weighted by atomic mass is 16.5. The summed E-state index contributed by atoms with van der Waals surface area (Å²) in [6.07, 6.45) is 3.61. The maximum atomic E-state index is 8.22. The Balaban J connectivity index is 1.88. The molecule has 14 heavy (non-hydrogen) atoms. The van der Waals surface area contributed by atoms with E-state index >= 15 is 0 Å². The molecule has 1 N–H and O–H groups in total. The van der Waals surface area contributed by atoms with E-state index < -0.39 is 0 Å². The summed E-state index contributed by atoms with van der Waals surface area (Å²) in [5.74, 6) is 0. The van der Waals surface area contributed by atoms with Gasteiger partial charge in [-0.05, 0) is 43.3 Å². The van der Waals surface area contributed by atoms with Crippen molar-refractivity contribution in [3.63, 3.8) is 0 Å². The van der Waals surface area contributed by atoms with E-state index in [0.29, 0.717) is 12.0 Å². The van der Waals surface area contributed by atoms with Crippen LogP contribution in [0.1, 0.15) is 19.3 Å². The van der Waals surface area contributed by atoms with Crippen molar-refractivity contribution in [2.75, 3.05) is 26.2 Å². The van der Waals surface area contributed by atoms with E-state index in [1.165, 1.54) is 12.8 Å². The molecule has 0 radical (unpaired) electrons. The third-order valence-corrected chi connectivity index (χ3v) is 3.30. The molecule has 2 aliphatic heterocycles. The zero-order chi connectivity index (χ0) is 9.86. The third-order valence-electron chi connectivity index (χ3n) is 3.30. The fourth-order valence-electron chi connectivity index (χ4n) is 2.45. The van der Waals surface area contributed by atoms with Crippen LogP contribution in [-0.2, 0) is 4.74 Å². The molecule has 5 nitrogen and oxygen atoms in total. The van der Waals surface area contributed by atoms with E-state index in [-0.39, 0.29) is 6.10 Å². The number of nitrogens with one attached hydrogen (secondary N) is 1. The molecule has 0 aromatic rings. The average Bonchev–Trinajstić information content (AvgIpc) is 2.60. The first-order chi connectivity index (χ1) is 6.85. The molecule has 1 spiro atoms. The minimum Gasteiger partial charge on any atom is -0.377 e. The summed E-state index contributed by atoms with van der Waals surface area (Å²) in [7, 11) is 0. The number of hydrogen-bond donors (Lipinski definition) is 1. The molecule has 2 saturated heterocycles. The number of piperidine rings is 1. The van der Waals surface area contributed by atoms with Gasteiger partial charge in [0.25, 0.3) is 0 Å². The topological polar surface area (TPSA) is 70.0 Å². The Hall–Kier alpha value is -0.770. The Morgan fingerprint density at radius 2 is 2.29 bits per heavy atom. The van der Waals surface area contributed by atoms with Gasteiger partial charge in [-0.2, -0.15) is 0 Å². The standard InChI is InChI=1S/C9H16N4O/c10-13-12-6-8-5-9(7-14-8)1-3-11-4-2-9/h8,11H,1-7H2. The van der Waals surface area contributed by atoms with Crippen molar-refractivity contribution in [2.24, 2.45) is 10.5 Å². The molecule has 2 rings (SSSR count). The van der Waals surface area contributed by atoms with Crippen LogP contribution >= 0.6 is 0 Å². The second-order valence-electron chi connectivity index (χ2n) is 4.30. The van der Waals surface area contributed by atoms with Crippen molar-refractivity contribution < 1.29 is 4.74 Å². The van der Waals surface area contributed by atoms with E-state index in [1.54, 1.807) is 0 Å². The summed E-state index contributed by atoms with van der Waals surface area (Å²) in [5.41, 5.74) is 8.60. The fourth-order valence-corrected chi connectivity index (χ4v) is 2.45. The number of rotatable bonds is 2. The van der Waals surface area contributed by atoms with Crippen molar-refractivity contribution in [1.29, 1.82) is 0 Å². The van der Waals surface area contributed by atoms with Crippen molar-refractivity contribution >= 4 is 0 Å². The lowest BCUT2D eigenvalue weighted by atomic mass is 9.77. The Morgan fingerprint density at radius 1 is 1.50 bits per heavy atom. The summed E-state index contributed by atoms with van der Waals surface area (Å²) < 4.78 is 5.66. The van der Waals surface area contributed by atoms with Gasteiger partial charge in [0.15, 0.2) is 0 Å². The third kappa shape index (κ3) is 2.00. The zero-order valence-electron chi connectivity index (χ0n) is 8.28. The second kappa shape index (κ2) is 4.17. The lowest BCUT2D eigenvalue weighted by Gasteiger charge is -2.32. The van der Waals surface area contributed by atoms with Gasteiger partial charge >= 0.3 is 0 Å². The van der Waals surface area contributed by atoms with Gasteiger partial charge in [-0.25, -0.2) is 0 Å². The smallest absolute Gasteiger partial charge is 0.0637 e. The van der Waals surface area contributed by atoms with Crippen molar-refractivity contribution in [3.8, 4) is 0 Å². The van der Waals surface area contributed by atoms with Crippen LogP contribution in [0.3, 0.4) is 0 Å². The highest BCUT2D eigenvalue weighted by Crippen LogP contribution is 2.40. The SMILES string of the molecule is [N-]=[N+]=NCC1CC2(CCNCC2)CO1. The first-order valence-electron chi connectivity index (χ1n) is 5.18. The summed E-state index contributed by atoms with van der Waals surface area (Å²) in [4.78, 5) is 2.77. The van der Waals surface area contributed by atoms with Gasteiger partial charge in [0, 0.05) is 4.91 Å². The molecule has 0 aliphatic carbocycles. The van der Waals surface area contributed by atoms with Crippen LogP contribution in [0.4, 0.5) is 0 Å². The van der Waals surface area contributed by atoms with Crippen LogP contribution in [0.15, 0.2) is 5.11 Å². The lowest BCUT2D eigenvalue weighted by molar-refractivity contribution is 0.0906. The van der Waals surface area contributed by atoms with Crippen LogP contribution in [0, 0.1) is 5.41 Å². The Morgan fingerprint density at radius 3 is 3.00 bits per heavy atom. The quantitative estimate of drug-likeness (QED) is 0.412. The molecule has 0 amide bonds. The zero-order valence-corrected chi connectivity index (χ0v) is 8.28. The summed E-state index contributed by atoms with van der Waals surface area (Å²) in [5, 5.41) is 6.93. The molecule has 2 aliphatic rings. The Labute approximate surface area is 83.4 Å². The van der Waals surface area contributed by atoms with Gasteiger partial charge in [0.1, 0.15) is 0 Å². The maximum Gasteiger partial charge on any atom is 0.0637 e. The molecule has 0 aromatic carbocycles. The van der Waals surface area contributed by atoms with Crippen LogP contribution in [0.2, 0.25) is 0 Å². The van der Waals surface area contributed by atoms with Crippen LogP contribution in [-0.4, -0.2) is 32.3 Å². The first kappa shape index (κ1) is 9.77. The van der Waals surface area contributed by atoms with Gasteiger partial charge in [-0.15, -0.1) is 0 Å². The van der Waals surface area contributed by atoms with Gasteiger partial charge in [0.2, 0.25) is 0 Å². The van der Waals surface area contributed by atoms with E-state index in [9.17, 15) is 0 Å². The monoisotopic (exact) mass is 196 g/mol. The summed E-state index contributed by atoms with van der Waals surface area (Å²) in [6.45, 7) is 3.53. The number of hydrogen-bond acceptors (Lipinski definition) is 3. The fraction of sp³-hybridized carbons (Fsp3) is 1.00.